The van der Waals surface area contributed by atoms with Crippen molar-refractivity contribution in [2.45, 2.75) is 31.8 Å². The zero-order valence-electron chi connectivity index (χ0n) is 11.2. The lowest BCUT2D eigenvalue weighted by Crippen LogP contribution is -2.26. The van der Waals surface area contributed by atoms with Gasteiger partial charge in [0, 0.05) is 25.8 Å². The van der Waals surface area contributed by atoms with Gasteiger partial charge in [0.15, 0.2) is 0 Å². The molecule has 0 aliphatic carbocycles. The quantitative estimate of drug-likeness (QED) is 0.835. The first-order valence-corrected chi connectivity index (χ1v) is 6.61. The van der Waals surface area contributed by atoms with Gasteiger partial charge < -0.3 is 19.8 Å². The molecule has 0 aromatic carbocycles. The maximum atomic E-state index is 6.35. The molecule has 0 spiro atoms. The van der Waals surface area contributed by atoms with Crippen LogP contribution in [0.5, 0.6) is 0 Å². The molecular formula is C13H23N3O2. The Morgan fingerprint density at radius 1 is 1.67 bits per heavy atom. The molecule has 3 atom stereocenters. The minimum absolute atomic E-state index is 0.000839. The van der Waals surface area contributed by atoms with Crippen LogP contribution in [0.2, 0.25) is 0 Å². The molecule has 1 aliphatic rings. The Hall–Kier alpha value is -0.910. The molecule has 1 saturated heterocycles. The zero-order chi connectivity index (χ0) is 13.0. The third-order valence-electron chi connectivity index (χ3n) is 3.73. The van der Waals surface area contributed by atoms with E-state index in [1.807, 2.05) is 12.5 Å². The van der Waals surface area contributed by atoms with Crippen molar-refractivity contribution in [3.05, 3.63) is 18.2 Å². The molecule has 3 unspecified atom stereocenters. The molecule has 5 nitrogen and oxygen atoms in total. The molecule has 0 radical (unpaired) electrons. The first kappa shape index (κ1) is 13.5. The summed E-state index contributed by atoms with van der Waals surface area (Å²) < 4.78 is 12.8. The van der Waals surface area contributed by atoms with E-state index in [1.54, 1.807) is 7.11 Å². The summed E-state index contributed by atoms with van der Waals surface area (Å²) in [5.41, 5.74) is 7.44. The van der Waals surface area contributed by atoms with Gasteiger partial charge >= 0.3 is 0 Å². The second kappa shape index (κ2) is 6.31. The molecule has 0 saturated carbocycles. The van der Waals surface area contributed by atoms with Crippen LogP contribution in [0.4, 0.5) is 0 Å². The van der Waals surface area contributed by atoms with Crippen LogP contribution in [0, 0.1) is 5.92 Å². The van der Waals surface area contributed by atoms with Crippen LogP contribution in [0.15, 0.2) is 12.5 Å². The fourth-order valence-electron chi connectivity index (χ4n) is 2.54. The van der Waals surface area contributed by atoms with Crippen molar-refractivity contribution < 1.29 is 9.47 Å². The molecule has 2 heterocycles. The highest BCUT2D eigenvalue weighted by atomic mass is 16.5. The topological polar surface area (TPSA) is 62.3 Å². The van der Waals surface area contributed by atoms with Crippen molar-refractivity contribution in [1.82, 2.24) is 9.55 Å². The van der Waals surface area contributed by atoms with Crippen LogP contribution in [-0.2, 0) is 9.47 Å². The van der Waals surface area contributed by atoms with E-state index in [-0.39, 0.29) is 6.04 Å². The monoisotopic (exact) mass is 253 g/mol. The predicted molar refractivity (Wildman–Crippen MR) is 69.3 cm³/mol. The molecule has 0 bridgehead atoms. The Labute approximate surface area is 108 Å². The summed E-state index contributed by atoms with van der Waals surface area (Å²) in [6.45, 7) is 4.42. The third-order valence-corrected chi connectivity index (χ3v) is 3.73. The Kier molecular flexibility index (Phi) is 4.74. The molecule has 1 aliphatic heterocycles. The minimum atomic E-state index is 0.000839. The molecule has 2 N–H and O–H groups in total. The zero-order valence-corrected chi connectivity index (χ0v) is 11.2. The van der Waals surface area contributed by atoms with Gasteiger partial charge in [0.05, 0.1) is 37.3 Å². The molecule has 1 fully saturated rings. The van der Waals surface area contributed by atoms with E-state index >= 15 is 0 Å². The molecule has 0 amide bonds. The number of aromatic nitrogens is 2. The average molecular weight is 253 g/mol. The Morgan fingerprint density at radius 3 is 3.11 bits per heavy atom. The lowest BCUT2D eigenvalue weighted by atomic mass is 9.97. The van der Waals surface area contributed by atoms with E-state index in [0.717, 1.165) is 31.7 Å². The van der Waals surface area contributed by atoms with Gasteiger partial charge in [0.25, 0.3) is 0 Å². The van der Waals surface area contributed by atoms with Gasteiger partial charge in [0.2, 0.25) is 0 Å². The maximum absolute atomic E-state index is 6.35. The number of methoxy groups -OCH3 is 1. The van der Waals surface area contributed by atoms with Gasteiger partial charge in [-0.2, -0.15) is 0 Å². The van der Waals surface area contributed by atoms with Crippen LogP contribution in [0.25, 0.3) is 0 Å². The summed E-state index contributed by atoms with van der Waals surface area (Å²) in [6, 6.07) is 0.307. The normalized spacial score (nSPS) is 23.2. The van der Waals surface area contributed by atoms with E-state index in [4.69, 9.17) is 15.2 Å². The number of rotatable bonds is 6. The molecule has 2 rings (SSSR count). The van der Waals surface area contributed by atoms with Gasteiger partial charge in [-0.15, -0.1) is 0 Å². The largest absolute Gasteiger partial charge is 0.383 e. The van der Waals surface area contributed by atoms with Gasteiger partial charge in [-0.1, -0.05) is 6.92 Å². The minimum Gasteiger partial charge on any atom is -0.383 e. The van der Waals surface area contributed by atoms with Crippen molar-refractivity contribution in [3.63, 3.8) is 0 Å². The van der Waals surface area contributed by atoms with Crippen LogP contribution in [-0.4, -0.2) is 36.5 Å². The third kappa shape index (κ3) is 2.74. The van der Waals surface area contributed by atoms with Crippen molar-refractivity contribution >= 4 is 0 Å². The Balaban J connectivity index is 2.14. The molecule has 5 heteroatoms. The van der Waals surface area contributed by atoms with Crippen molar-refractivity contribution in [3.8, 4) is 0 Å². The molecule has 1 aromatic rings. The highest BCUT2D eigenvalue weighted by Crippen LogP contribution is 2.28. The van der Waals surface area contributed by atoms with E-state index in [1.165, 1.54) is 0 Å². The van der Waals surface area contributed by atoms with E-state index in [0.29, 0.717) is 18.6 Å². The van der Waals surface area contributed by atoms with Gasteiger partial charge in [-0.05, 0) is 12.8 Å². The number of imidazole rings is 1. The second-order valence-electron chi connectivity index (χ2n) is 4.89. The molecule has 1 aromatic heterocycles. The summed E-state index contributed by atoms with van der Waals surface area (Å²) >= 11 is 0. The fraction of sp³-hybridized carbons (Fsp3) is 0.769. The van der Waals surface area contributed by atoms with Crippen LogP contribution < -0.4 is 5.73 Å². The Morgan fingerprint density at radius 2 is 2.50 bits per heavy atom. The molecular weight excluding hydrogens is 230 g/mol. The van der Waals surface area contributed by atoms with Crippen molar-refractivity contribution in [2.24, 2.45) is 11.7 Å². The molecule has 102 valence electrons. The highest BCUT2D eigenvalue weighted by molar-refractivity contribution is 5.08. The lowest BCUT2D eigenvalue weighted by Gasteiger charge is -2.24. The van der Waals surface area contributed by atoms with Crippen molar-refractivity contribution in [1.29, 1.82) is 0 Å². The molecule has 18 heavy (non-hydrogen) atoms. The maximum Gasteiger partial charge on any atom is 0.0952 e. The number of ether oxygens (including phenoxy) is 2. The van der Waals surface area contributed by atoms with Crippen LogP contribution in [0.1, 0.15) is 37.5 Å². The van der Waals surface area contributed by atoms with E-state index in [9.17, 15) is 0 Å². The van der Waals surface area contributed by atoms with Crippen LogP contribution in [0.3, 0.4) is 0 Å². The summed E-state index contributed by atoms with van der Waals surface area (Å²) in [5.74, 6) is 0.403. The summed E-state index contributed by atoms with van der Waals surface area (Å²) in [7, 11) is 1.73. The average Bonchev–Trinajstić information content (AvgIpc) is 3.05. The van der Waals surface area contributed by atoms with Crippen molar-refractivity contribution in [2.75, 3.05) is 26.9 Å². The first-order chi connectivity index (χ1) is 8.77. The fourth-order valence-corrected chi connectivity index (χ4v) is 2.54. The summed E-state index contributed by atoms with van der Waals surface area (Å²) in [6.07, 6.45) is 5.78. The Bertz CT molecular complexity index is 361. The van der Waals surface area contributed by atoms with Gasteiger partial charge in [0.1, 0.15) is 0 Å². The number of hydrogen-bond donors (Lipinski definition) is 1. The first-order valence-electron chi connectivity index (χ1n) is 6.61. The number of nitrogens with two attached hydrogens (primary N) is 1. The summed E-state index contributed by atoms with van der Waals surface area (Å²) in [5, 5.41) is 0. The van der Waals surface area contributed by atoms with Gasteiger partial charge in [-0.3, -0.25) is 0 Å². The standard InChI is InChI=1S/C13H23N3O2/c1-3-11(8-17-2)16-9-15-6-12(16)13(14)10-4-5-18-7-10/h6,9-11,13H,3-5,7-8,14H2,1-2H3. The predicted octanol–water partition coefficient (Wildman–Crippen LogP) is 1.52. The SMILES string of the molecule is CCC(COC)n1cncc1C(N)C1CCOC1. The van der Waals surface area contributed by atoms with E-state index in [2.05, 4.69) is 16.5 Å². The lowest BCUT2D eigenvalue weighted by molar-refractivity contribution is 0.149. The smallest absolute Gasteiger partial charge is 0.0952 e. The highest BCUT2D eigenvalue weighted by Gasteiger charge is 2.27. The summed E-state index contributed by atoms with van der Waals surface area (Å²) in [4.78, 5) is 4.25. The van der Waals surface area contributed by atoms with Gasteiger partial charge in [-0.25, -0.2) is 4.98 Å². The number of hydrogen-bond acceptors (Lipinski definition) is 4. The van der Waals surface area contributed by atoms with Crippen LogP contribution >= 0.6 is 0 Å². The second-order valence-corrected chi connectivity index (χ2v) is 4.89. The van der Waals surface area contributed by atoms with E-state index < -0.39 is 0 Å². The number of nitrogens with zero attached hydrogens (tertiary/aromatic N) is 2.